The van der Waals surface area contributed by atoms with Crippen molar-refractivity contribution >= 4 is 0 Å². The molecule has 0 saturated heterocycles. The molecule has 2 aromatic rings. The van der Waals surface area contributed by atoms with Gasteiger partial charge in [0.15, 0.2) is 0 Å². The number of H-pyrrole nitrogens is 1. The zero-order chi connectivity index (χ0) is 13.8. The molecule has 0 spiro atoms. The van der Waals surface area contributed by atoms with Crippen molar-refractivity contribution in [3.63, 3.8) is 0 Å². The van der Waals surface area contributed by atoms with Gasteiger partial charge in [0.2, 0.25) is 0 Å². The third kappa shape index (κ3) is 2.80. The lowest BCUT2D eigenvalue weighted by atomic mass is 9.91. The van der Waals surface area contributed by atoms with Gasteiger partial charge in [0.25, 0.3) is 0 Å². The minimum Gasteiger partial charge on any atom is -0.313 e. The number of benzene rings is 1. The number of aromatic amines is 1. The van der Waals surface area contributed by atoms with Crippen LogP contribution in [-0.4, -0.2) is 9.55 Å². The van der Waals surface area contributed by atoms with Crippen LogP contribution in [0.3, 0.4) is 0 Å². The SMILES string of the molecule is CCCC(c1ccccc1C(C)C)n1cc[nH]c1=O. The second-order valence-electron chi connectivity index (χ2n) is 5.26. The summed E-state index contributed by atoms with van der Waals surface area (Å²) in [7, 11) is 0. The van der Waals surface area contributed by atoms with Crippen molar-refractivity contribution in [3.05, 3.63) is 58.3 Å². The van der Waals surface area contributed by atoms with Gasteiger partial charge in [0, 0.05) is 12.4 Å². The van der Waals surface area contributed by atoms with Gasteiger partial charge >= 0.3 is 5.69 Å². The quantitative estimate of drug-likeness (QED) is 0.872. The van der Waals surface area contributed by atoms with Gasteiger partial charge < -0.3 is 4.98 Å². The Kier molecular flexibility index (Phi) is 4.25. The van der Waals surface area contributed by atoms with Gasteiger partial charge in [0.1, 0.15) is 0 Å². The van der Waals surface area contributed by atoms with Gasteiger partial charge in [-0.1, -0.05) is 51.5 Å². The van der Waals surface area contributed by atoms with Crippen LogP contribution >= 0.6 is 0 Å². The molecule has 1 N–H and O–H groups in total. The summed E-state index contributed by atoms with van der Waals surface area (Å²) >= 11 is 0. The van der Waals surface area contributed by atoms with E-state index in [9.17, 15) is 4.79 Å². The normalized spacial score (nSPS) is 12.8. The molecule has 0 amide bonds. The highest BCUT2D eigenvalue weighted by atomic mass is 16.1. The monoisotopic (exact) mass is 258 g/mol. The molecule has 0 aliphatic heterocycles. The highest BCUT2D eigenvalue weighted by Crippen LogP contribution is 2.29. The maximum Gasteiger partial charge on any atom is 0.326 e. The smallest absolute Gasteiger partial charge is 0.313 e. The zero-order valence-electron chi connectivity index (χ0n) is 11.9. The number of nitrogens with zero attached hydrogens (tertiary/aromatic N) is 1. The maximum absolute atomic E-state index is 11.9. The van der Waals surface area contributed by atoms with Crippen molar-refractivity contribution in [2.75, 3.05) is 0 Å². The van der Waals surface area contributed by atoms with E-state index in [1.165, 1.54) is 11.1 Å². The van der Waals surface area contributed by atoms with E-state index in [1.54, 1.807) is 6.20 Å². The zero-order valence-corrected chi connectivity index (χ0v) is 11.9. The maximum atomic E-state index is 11.9. The number of nitrogens with one attached hydrogen (secondary N) is 1. The molecule has 19 heavy (non-hydrogen) atoms. The minimum absolute atomic E-state index is 0.0305. The number of imidazole rings is 1. The molecule has 1 unspecified atom stereocenters. The van der Waals surface area contributed by atoms with Crippen LogP contribution in [-0.2, 0) is 0 Å². The van der Waals surface area contributed by atoms with E-state index in [0.717, 1.165) is 12.8 Å². The molecule has 0 saturated carbocycles. The predicted octanol–water partition coefficient (Wildman–Crippen LogP) is 3.69. The average molecular weight is 258 g/mol. The summed E-state index contributed by atoms with van der Waals surface area (Å²) in [6.07, 6.45) is 5.58. The van der Waals surface area contributed by atoms with E-state index in [-0.39, 0.29) is 11.7 Å². The molecule has 3 nitrogen and oxygen atoms in total. The fraction of sp³-hybridized carbons (Fsp3) is 0.438. The van der Waals surface area contributed by atoms with Crippen LogP contribution in [0.4, 0.5) is 0 Å². The van der Waals surface area contributed by atoms with Gasteiger partial charge in [0.05, 0.1) is 6.04 Å². The summed E-state index contributed by atoms with van der Waals surface area (Å²) in [5.41, 5.74) is 2.56. The van der Waals surface area contributed by atoms with Gasteiger partial charge in [-0.3, -0.25) is 4.57 Å². The minimum atomic E-state index is -0.0305. The first kappa shape index (κ1) is 13.7. The Morgan fingerprint density at radius 3 is 2.42 bits per heavy atom. The number of aromatic nitrogens is 2. The highest BCUT2D eigenvalue weighted by Gasteiger charge is 2.18. The van der Waals surface area contributed by atoms with E-state index >= 15 is 0 Å². The molecular weight excluding hydrogens is 236 g/mol. The summed E-state index contributed by atoms with van der Waals surface area (Å²) in [5, 5.41) is 0. The lowest BCUT2D eigenvalue weighted by molar-refractivity contribution is 0.513. The average Bonchev–Trinajstić information content (AvgIpc) is 2.82. The molecule has 102 valence electrons. The van der Waals surface area contributed by atoms with Crippen molar-refractivity contribution in [2.24, 2.45) is 0 Å². The largest absolute Gasteiger partial charge is 0.326 e. The van der Waals surface area contributed by atoms with E-state index in [2.05, 4.69) is 50.0 Å². The predicted molar refractivity (Wildman–Crippen MR) is 78.6 cm³/mol. The van der Waals surface area contributed by atoms with Crippen LogP contribution in [0.2, 0.25) is 0 Å². The van der Waals surface area contributed by atoms with Crippen LogP contribution in [0.25, 0.3) is 0 Å². The molecule has 0 aliphatic carbocycles. The molecule has 1 atom stereocenters. The Morgan fingerprint density at radius 2 is 1.89 bits per heavy atom. The van der Waals surface area contributed by atoms with E-state index in [4.69, 9.17) is 0 Å². The Balaban J connectivity index is 2.51. The van der Waals surface area contributed by atoms with Gasteiger partial charge in [-0.2, -0.15) is 0 Å². The lowest BCUT2D eigenvalue weighted by Crippen LogP contribution is -2.23. The fourth-order valence-electron chi connectivity index (χ4n) is 2.63. The molecule has 1 aromatic heterocycles. The summed E-state index contributed by atoms with van der Waals surface area (Å²) in [5.74, 6) is 0.463. The standard InChI is InChI=1S/C16H22N2O/c1-4-7-15(18-11-10-17-16(18)19)14-9-6-5-8-13(14)12(2)3/h5-6,8-12,15H,4,7H2,1-3H3,(H,17,19). The van der Waals surface area contributed by atoms with Gasteiger partial charge in [-0.05, 0) is 23.5 Å². The van der Waals surface area contributed by atoms with Crippen LogP contribution < -0.4 is 5.69 Å². The van der Waals surface area contributed by atoms with E-state index in [1.807, 2.05) is 10.8 Å². The van der Waals surface area contributed by atoms with E-state index in [0.29, 0.717) is 5.92 Å². The summed E-state index contributed by atoms with van der Waals surface area (Å²) in [6.45, 7) is 6.55. The van der Waals surface area contributed by atoms with Crippen molar-refractivity contribution in [2.45, 2.75) is 45.6 Å². The third-order valence-electron chi connectivity index (χ3n) is 3.55. The number of hydrogen-bond acceptors (Lipinski definition) is 1. The molecule has 0 aliphatic rings. The molecule has 2 rings (SSSR count). The lowest BCUT2D eigenvalue weighted by Gasteiger charge is -2.22. The second kappa shape index (κ2) is 5.91. The van der Waals surface area contributed by atoms with Crippen LogP contribution in [0.15, 0.2) is 41.5 Å². The summed E-state index contributed by atoms with van der Waals surface area (Å²) in [4.78, 5) is 14.6. The first-order valence-electron chi connectivity index (χ1n) is 6.99. The van der Waals surface area contributed by atoms with Crippen molar-refractivity contribution in [1.82, 2.24) is 9.55 Å². The van der Waals surface area contributed by atoms with Gasteiger partial charge in [-0.25, -0.2) is 4.79 Å². The summed E-state index contributed by atoms with van der Waals surface area (Å²) in [6, 6.07) is 8.57. The molecule has 3 heteroatoms. The van der Waals surface area contributed by atoms with Gasteiger partial charge in [-0.15, -0.1) is 0 Å². The Bertz CT molecular complexity index is 580. The van der Waals surface area contributed by atoms with Crippen molar-refractivity contribution < 1.29 is 0 Å². The molecule has 1 heterocycles. The van der Waals surface area contributed by atoms with E-state index < -0.39 is 0 Å². The first-order chi connectivity index (χ1) is 9.15. The Hall–Kier alpha value is -1.77. The Labute approximate surface area is 114 Å². The van der Waals surface area contributed by atoms with Crippen LogP contribution in [0.1, 0.15) is 56.7 Å². The molecular formula is C16H22N2O. The first-order valence-corrected chi connectivity index (χ1v) is 6.99. The summed E-state index contributed by atoms with van der Waals surface area (Å²) < 4.78 is 1.81. The van der Waals surface area contributed by atoms with Crippen LogP contribution in [0, 0.1) is 0 Å². The highest BCUT2D eigenvalue weighted by molar-refractivity contribution is 5.33. The molecule has 0 radical (unpaired) electrons. The second-order valence-corrected chi connectivity index (χ2v) is 5.26. The topological polar surface area (TPSA) is 37.8 Å². The Morgan fingerprint density at radius 1 is 1.21 bits per heavy atom. The van der Waals surface area contributed by atoms with Crippen molar-refractivity contribution in [1.29, 1.82) is 0 Å². The number of rotatable bonds is 5. The fourth-order valence-corrected chi connectivity index (χ4v) is 2.63. The third-order valence-corrected chi connectivity index (χ3v) is 3.55. The van der Waals surface area contributed by atoms with Crippen LogP contribution in [0.5, 0.6) is 0 Å². The van der Waals surface area contributed by atoms with Crippen molar-refractivity contribution in [3.8, 4) is 0 Å². The number of hydrogen-bond donors (Lipinski definition) is 1. The molecule has 1 aromatic carbocycles. The molecule has 0 fully saturated rings. The molecule has 0 bridgehead atoms.